The maximum absolute atomic E-state index is 11.7. The summed E-state index contributed by atoms with van der Waals surface area (Å²) < 4.78 is 10.3. The van der Waals surface area contributed by atoms with Crippen molar-refractivity contribution in [1.29, 1.82) is 0 Å². The standard InChI is InChI=1S/C15H32N4O3.HI/c1-15(2,3)13(20)17-8-9-19-14(16-4)18-7-6-10-22-12-11-21-5;/h6-12H2,1-5H3,(H,17,20)(H2,16,18,19);1H. The van der Waals surface area contributed by atoms with Gasteiger partial charge in [-0.15, -0.1) is 24.0 Å². The molecule has 0 aromatic rings. The van der Waals surface area contributed by atoms with Crippen molar-refractivity contribution in [2.45, 2.75) is 27.2 Å². The van der Waals surface area contributed by atoms with Crippen LogP contribution in [0.2, 0.25) is 0 Å². The molecule has 0 aromatic heterocycles. The molecule has 0 saturated carbocycles. The van der Waals surface area contributed by atoms with Gasteiger partial charge in [0.1, 0.15) is 0 Å². The third kappa shape index (κ3) is 14.7. The molecule has 1 amide bonds. The van der Waals surface area contributed by atoms with E-state index in [9.17, 15) is 4.79 Å². The molecule has 0 rings (SSSR count). The van der Waals surface area contributed by atoms with E-state index >= 15 is 0 Å². The molecule has 0 aromatic carbocycles. The number of guanidine groups is 1. The molecule has 0 saturated heterocycles. The predicted molar refractivity (Wildman–Crippen MR) is 105 cm³/mol. The average molecular weight is 444 g/mol. The average Bonchev–Trinajstić information content (AvgIpc) is 2.47. The summed E-state index contributed by atoms with van der Waals surface area (Å²) in [6, 6.07) is 0. The molecule has 0 spiro atoms. The number of halogens is 1. The van der Waals surface area contributed by atoms with E-state index in [0.717, 1.165) is 18.9 Å². The van der Waals surface area contributed by atoms with Gasteiger partial charge >= 0.3 is 0 Å². The molecular weight excluding hydrogens is 411 g/mol. The van der Waals surface area contributed by atoms with Gasteiger partial charge in [-0.2, -0.15) is 0 Å². The van der Waals surface area contributed by atoms with Gasteiger partial charge in [0.15, 0.2) is 5.96 Å². The molecule has 7 nitrogen and oxygen atoms in total. The second kappa shape index (κ2) is 14.9. The van der Waals surface area contributed by atoms with E-state index in [1.165, 1.54) is 0 Å². The van der Waals surface area contributed by atoms with E-state index < -0.39 is 0 Å². The Labute approximate surface area is 157 Å². The van der Waals surface area contributed by atoms with Crippen LogP contribution in [0.1, 0.15) is 27.2 Å². The molecule has 3 N–H and O–H groups in total. The molecule has 0 unspecified atom stereocenters. The highest BCUT2D eigenvalue weighted by Gasteiger charge is 2.20. The normalized spacial score (nSPS) is 11.6. The number of nitrogens with one attached hydrogen (secondary N) is 3. The predicted octanol–water partition coefficient (Wildman–Crippen LogP) is 0.985. The summed E-state index contributed by atoms with van der Waals surface area (Å²) in [7, 11) is 3.38. The lowest BCUT2D eigenvalue weighted by Gasteiger charge is -2.18. The molecule has 138 valence electrons. The van der Waals surface area contributed by atoms with Gasteiger partial charge in [0.25, 0.3) is 0 Å². The quantitative estimate of drug-likeness (QED) is 0.203. The van der Waals surface area contributed by atoms with Crippen LogP contribution in [-0.4, -0.2) is 65.5 Å². The third-order valence-electron chi connectivity index (χ3n) is 2.80. The van der Waals surface area contributed by atoms with Crippen molar-refractivity contribution in [2.75, 3.05) is 53.6 Å². The van der Waals surface area contributed by atoms with Crippen LogP contribution >= 0.6 is 24.0 Å². The monoisotopic (exact) mass is 444 g/mol. The van der Waals surface area contributed by atoms with E-state index in [4.69, 9.17) is 9.47 Å². The molecular formula is C15H33IN4O3. The van der Waals surface area contributed by atoms with Gasteiger partial charge in [0.2, 0.25) is 5.91 Å². The number of rotatable bonds is 10. The molecule has 8 heteroatoms. The summed E-state index contributed by atoms with van der Waals surface area (Å²) in [6.45, 7) is 9.59. The molecule has 23 heavy (non-hydrogen) atoms. The number of ether oxygens (including phenoxy) is 2. The van der Waals surface area contributed by atoms with Crippen LogP contribution in [0.3, 0.4) is 0 Å². The first-order valence-corrected chi connectivity index (χ1v) is 7.71. The molecule has 0 aliphatic rings. The number of carbonyl (C=O) groups excluding carboxylic acids is 1. The van der Waals surface area contributed by atoms with Gasteiger partial charge < -0.3 is 25.4 Å². The minimum absolute atomic E-state index is 0. The Kier molecular flexibility index (Phi) is 16.0. The van der Waals surface area contributed by atoms with Crippen LogP contribution in [-0.2, 0) is 14.3 Å². The number of aliphatic imine (C=N–C) groups is 1. The lowest BCUT2D eigenvalue weighted by molar-refractivity contribution is -0.128. The van der Waals surface area contributed by atoms with Crippen LogP contribution in [0.15, 0.2) is 4.99 Å². The molecule has 0 radical (unpaired) electrons. The van der Waals surface area contributed by atoms with Crippen molar-refractivity contribution in [1.82, 2.24) is 16.0 Å². The first-order chi connectivity index (χ1) is 10.4. The molecule has 0 aliphatic carbocycles. The van der Waals surface area contributed by atoms with Crippen LogP contribution in [0.25, 0.3) is 0 Å². The van der Waals surface area contributed by atoms with Crippen LogP contribution in [0.4, 0.5) is 0 Å². The summed E-state index contributed by atoms with van der Waals surface area (Å²) in [4.78, 5) is 15.8. The fourth-order valence-electron chi connectivity index (χ4n) is 1.47. The summed E-state index contributed by atoms with van der Waals surface area (Å²) in [5, 5.41) is 9.23. The minimum atomic E-state index is -0.358. The third-order valence-corrected chi connectivity index (χ3v) is 2.80. The van der Waals surface area contributed by atoms with Gasteiger partial charge in [-0.1, -0.05) is 20.8 Å². The molecule has 0 aliphatic heterocycles. The Morgan fingerprint density at radius 1 is 1.00 bits per heavy atom. The Bertz CT molecular complexity index is 333. The minimum Gasteiger partial charge on any atom is -0.382 e. The second-order valence-electron chi connectivity index (χ2n) is 5.89. The van der Waals surface area contributed by atoms with E-state index in [-0.39, 0.29) is 35.3 Å². The van der Waals surface area contributed by atoms with Crippen LogP contribution < -0.4 is 16.0 Å². The van der Waals surface area contributed by atoms with Crippen molar-refractivity contribution >= 4 is 35.8 Å². The van der Waals surface area contributed by atoms with E-state index in [1.54, 1.807) is 14.2 Å². The van der Waals surface area contributed by atoms with E-state index in [0.29, 0.717) is 32.9 Å². The lowest BCUT2D eigenvalue weighted by atomic mass is 9.96. The van der Waals surface area contributed by atoms with Crippen molar-refractivity contribution in [2.24, 2.45) is 10.4 Å². The summed E-state index contributed by atoms with van der Waals surface area (Å²) in [5.41, 5.74) is -0.358. The van der Waals surface area contributed by atoms with E-state index in [2.05, 4.69) is 20.9 Å². The zero-order valence-electron chi connectivity index (χ0n) is 15.0. The Morgan fingerprint density at radius 3 is 2.17 bits per heavy atom. The second-order valence-corrected chi connectivity index (χ2v) is 5.89. The highest BCUT2D eigenvalue weighted by atomic mass is 127. The zero-order chi connectivity index (χ0) is 16.8. The molecule has 0 atom stereocenters. The number of methoxy groups -OCH3 is 1. The number of carbonyl (C=O) groups is 1. The number of amides is 1. The van der Waals surface area contributed by atoms with Gasteiger partial charge in [-0.3, -0.25) is 9.79 Å². The number of nitrogens with zero attached hydrogens (tertiary/aromatic N) is 1. The van der Waals surface area contributed by atoms with Crippen LogP contribution in [0, 0.1) is 5.41 Å². The molecule has 0 bridgehead atoms. The number of hydrogen-bond acceptors (Lipinski definition) is 4. The van der Waals surface area contributed by atoms with Crippen LogP contribution in [0.5, 0.6) is 0 Å². The van der Waals surface area contributed by atoms with Gasteiger partial charge in [-0.05, 0) is 6.42 Å². The fourth-order valence-corrected chi connectivity index (χ4v) is 1.47. The van der Waals surface area contributed by atoms with E-state index in [1.807, 2.05) is 20.8 Å². The van der Waals surface area contributed by atoms with Crippen molar-refractivity contribution in [3.63, 3.8) is 0 Å². The topological polar surface area (TPSA) is 84.0 Å². The highest BCUT2D eigenvalue weighted by molar-refractivity contribution is 14.0. The molecule has 0 fully saturated rings. The van der Waals surface area contributed by atoms with Gasteiger partial charge in [0, 0.05) is 45.8 Å². The van der Waals surface area contributed by atoms with Crippen molar-refractivity contribution in [3.8, 4) is 0 Å². The van der Waals surface area contributed by atoms with Crippen molar-refractivity contribution in [3.05, 3.63) is 0 Å². The zero-order valence-corrected chi connectivity index (χ0v) is 17.4. The Hall–Kier alpha value is -0.610. The summed E-state index contributed by atoms with van der Waals surface area (Å²) in [6.07, 6.45) is 0.894. The smallest absolute Gasteiger partial charge is 0.225 e. The summed E-state index contributed by atoms with van der Waals surface area (Å²) in [5.74, 6) is 0.771. The lowest BCUT2D eigenvalue weighted by Crippen LogP contribution is -2.43. The largest absolute Gasteiger partial charge is 0.382 e. The maximum Gasteiger partial charge on any atom is 0.225 e. The Morgan fingerprint density at radius 2 is 1.61 bits per heavy atom. The molecule has 0 heterocycles. The maximum atomic E-state index is 11.7. The first-order valence-electron chi connectivity index (χ1n) is 7.71. The van der Waals surface area contributed by atoms with Crippen molar-refractivity contribution < 1.29 is 14.3 Å². The fraction of sp³-hybridized carbons (Fsp3) is 0.867. The van der Waals surface area contributed by atoms with Gasteiger partial charge in [-0.25, -0.2) is 0 Å². The first kappa shape index (κ1) is 24.6. The Balaban J connectivity index is 0. The SMILES string of the molecule is CN=C(NCCCOCCOC)NCCNC(=O)C(C)(C)C.I. The van der Waals surface area contributed by atoms with Gasteiger partial charge in [0.05, 0.1) is 13.2 Å². The highest BCUT2D eigenvalue weighted by Crippen LogP contribution is 2.11. The number of hydrogen-bond donors (Lipinski definition) is 3. The summed E-state index contributed by atoms with van der Waals surface area (Å²) >= 11 is 0.